The van der Waals surface area contributed by atoms with Gasteiger partial charge in [-0.05, 0) is 42.5 Å². The van der Waals surface area contributed by atoms with E-state index in [1.54, 1.807) is 24.3 Å². The molecule has 0 atom stereocenters. The molecule has 2 aromatic carbocycles. The van der Waals surface area contributed by atoms with E-state index in [-0.39, 0.29) is 29.3 Å². The molecule has 1 heterocycles. The Morgan fingerprint density at radius 3 is 2.46 bits per heavy atom. The van der Waals surface area contributed by atoms with Crippen molar-refractivity contribution < 1.29 is 22.7 Å². The fourth-order valence-corrected chi connectivity index (χ4v) is 4.37. The van der Waals surface area contributed by atoms with Gasteiger partial charge in [-0.1, -0.05) is 0 Å². The van der Waals surface area contributed by atoms with E-state index in [1.165, 1.54) is 29.6 Å². The molecule has 0 spiro atoms. The highest BCUT2D eigenvalue weighted by molar-refractivity contribution is 7.89. The van der Waals surface area contributed by atoms with Gasteiger partial charge in [0.05, 0.1) is 32.0 Å². The van der Waals surface area contributed by atoms with E-state index < -0.39 is 15.9 Å². The fourth-order valence-electron chi connectivity index (χ4n) is 2.78. The minimum atomic E-state index is -3.83. The maximum absolute atomic E-state index is 13.0. The lowest BCUT2D eigenvalue weighted by Gasteiger charge is -2.26. The Balaban J connectivity index is 1.89. The number of methoxy groups -OCH3 is 1. The summed E-state index contributed by atoms with van der Waals surface area (Å²) in [6, 6.07) is 12.6. The second-order valence-electron chi connectivity index (χ2n) is 6.03. The molecule has 8 nitrogen and oxygen atoms in total. The quantitative estimate of drug-likeness (QED) is 0.819. The summed E-state index contributed by atoms with van der Waals surface area (Å²) in [7, 11) is -2.45. The molecule has 146 valence electrons. The van der Waals surface area contributed by atoms with Crippen molar-refractivity contribution >= 4 is 21.6 Å². The highest BCUT2D eigenvalue weighted by atomic mass is 32.2. The summed E-state index contributed by atoms with van der Waals surface area (Å²) in [5.74, 6) is -0.299. The largest absolute Gasteiger partial charge is 0.495 e. The molecule has 1 aliphatic rings. The molecule has 0 aliphatic carbocycles. The molecule has 0 aromatic heterocycles. The summed E-state index contributed by atoms with van der Waals surface area (Å²) in [5.41, 5.74) is 1.15. The minimum Gasteiger partial charge on any atom is -0.495 e. The molecule has 28 heavy (non-hydrogen) atoms. The number of amides is 1. The van der Waals surface area contributed by atoms with E-state index in [0.29, 0.717) is 24.5 Å². The number of carbonyl (C=O) groups excluding carboxylic acids is 1. The molecule has 1 saturated heterocycles. The van der Waals surface area contributed by atoms with Crippen LogP contribution >= 0.6 is 0 Å². The number of rotatable bonds is 5. The third kappa shape index (κ3) is 4.14. The highest BCUT2D eigenvalue weighted by Gasteiger charge is 2.30. The van der Waals surface area contributed by atoms with E-state index in [4.69, 9.17) is 14.7 Å². The minimum absolute atomic E-state index is 0.0654. The van der Waals surface area contributed by atoms with Crippen molar-refractivity contribution in [2.24, 2.45) is 0 Å². The summed E-state index contributed by atoms with van der Waals surface area (Å²) in [4.78, 5) is 12.5. The van der Waals surface area contributed by atoms with E-state index in [0.717, 1.165) is 0 Å². The number of anilines is 1. The topological polar surface area (TPSA) is 109 Å². The maximum atomic E-state index is 13.0. The summed E-state index contributed by atoms with van der Waals surface area (Å²) < 4.78 is 37.7. The van der Waals surface area contributed by atoms with Crippen molar-refractivity contribution in [2.45, 2.75) is 4.90 Å². The monoisotopic (exact) mass is 401 g/mol. The Bertz CT molecular complexity index is 1010. The van der Waals surface area contributed by atoms with Gasteiger partial charge in [0.15, 0.2) is 0 Å². The average Bonchev–Trinajstić information content (AvgIpc) is 2.74. The van der Waals surface area contributed by atoms with Crippen molar-refractivity contribution in [2.75, 3.05) is 38.7 Å². The standard InChI is InChI=1S/C19H19N3O5S/c1-26-17-7-4-15(19(23)21-16-5-2-14(13-20)3-6-16)12-18(17)28(24,25)22-8-10-27-11-9-22/h2-7,12H,8-11H2,1H3,(H,21,23). The van der Waals surface area contributed by atoms with Crippen LogP contribution in [0.15, 0.2) is 47.4 Å². The molecule has 1 N–H and O–H groups in total. The number of hydrogen-bond donors (Lipinski definition) is 1. The third-order valence-electron chi connectivity index (χ3n) is 4.29. The molecule has 0 saturated carbocycles. The lowest BCUT2D eigenvalue weighted by molar-refractivity contribution is 0.0729. The first-order valence-corrected chi connectivity index (χ1v) is 9.97. The Morgan fingerprint density at radius 1 is 1.18 bits per heavy atom. The molecule has 1 fully saturated rings. The first kappa shape index (κ1) is 19.8. The maximum Gasteiger partial charge on any atom is 0.255 e. The third-order valence-corrected chi connectivity index (χ3v) is 6.21. The van der Waals surface area contributed by atoms with Crippen LogP contribution in [0, 0.1) is 11.3 Å². The van der Waals surface area contributed by atoms with Gasteiger partial charge in [-0.25, -0.2) is 8.42 Å². The summed E-state index contributed by atoms with van der Waals surface area (Å²) >= 11 is 0. The van der Waals surface area contributed by atoms with Crippen LogP contribution in [-0.2, 0) is 14.8 Å². The number of carbonyl (C=O) groups is 1. The second-order valence-corrected chi connectivity index (χ2v) is 7.93. The molecule has 0 unspecified atom stereocenters. The molecule has 1 amide bonds. The number of nitrogens with one attached hydrogen (secondary N) is 1. The predicted octanol–water partition coefficient (Wildman–Crippen LogP) is 1.84. The average molecular weight is 401 g/mol. The number of nitrogens with zero attached hydrogens (tertiary/aromatic N) is 2. The van der Waals surface area contributed by atoms with Crippen molar-refractivity contribution in [3.8, 4) is 11.8 Å². The number of nitriles is 1. The summed E-state index contributed by atoms with van der Waals surface area (Å²) in [5, 5.41) is 11.5. The Morgan fingerprint density at radius 2 is 1.86 bits per heavy atom. The van der Waals surface area contributed by atoms with Gasteiger partial charge in [-0.2, -0.15) is 9.57 Å². The predicted molar refractivity (Wildman–Crippen MR) is 102 cm³/mol. The van der Waals surface area contributed by atoms with E-state index in [9.17, 15) is 13.2 Å². The first-order chi connectivity index (χ1) is 13.5. The SMILES string of the molecule is COc1ccc(C(=O)Nc2ccc(C#N)cc2)cc1S(=O)(=O)N1CCOCC1. The van der Waals surface area contributed by atoms with Crippen molar-refractivity contribution in [3.63, 3.8) is 0 Å². The van der Waals surface area contributed by atoms with Gasteiger partial charge in [0.25, 0.3) is 5.91 Å². The van der Waals surface area contributed by atoms with E-state index >= 15 is 0 Å². The van der Waals surface area contributed by atoms with Crippen molar-refractivity contribution in [1.82, 2.24) is 4.31 Å². The van der Waals surface area contributed by atoms with Crippen LogP contribution in [0.25, 0.3) is 0 Å². The number of hydrogen-bond acceptors (Lipinski definition) is 6. The Hall–Kier alpha value is -2.93. The molecular weight excluding hydrogens is 382 g/mol. The van der Waals surface area contributed by atoms with Crippen LogP contribution in [-0.4, -0.2) is 52.0 Å². The van der Waals surface area contributed by atoms with Crippen LogP contribution in [0.5, 0.6) is 5.75 Å². The zero-order valence-corrected chi connectivity index (χ0v) is 16.0. The second kappa shape index (κ2) is 8.39. The van der Waals surface area contributed by atoms with Gasteiger partial charge in [-0.3, -0.25) is 4.79 Å². The number of benzene rings is 2. The van der Waals surface area contributed by atoms with Crippen molar-refractivity contribution in [3.05, 3.63) is 53.6 Å². The molecule has 9 heteroatoms. The molecule has 2 aromatic rings. The molecule has 1 aliphatic heterocycles. The van der Waals surface area contributed by atoms with Gasteiger partial charge in [0, 0.05) is 24.3 Å². The zero-order chi connectivity index (χ0) is 20.1. The van der Waals surface area contributed by atoms with Gasteiger partial charge in [-0.15, -0.1) is 0 Å². The summed E-state index contributed by atoms with van der Waals surface area (Å²) in [6.07, 6.45) is 0. The zero-order valence-electron chi connectivity index (χ0n) is 15.2. The van der Waals surface area contributed by atoms with Gasteiger partial charge in [0.1, 0.15) is 10.6 Å². The smallest absolute Gasteiger partial charge is 0.255 e. The van der Waals surface area contributed by atoms with Crippen LogP contribution in [0.2, 0.25) is 0 Å². The van der Waals surface area contributed by atoms with Gasteiger partial charge >= 0.3 is 0 Å². The van der Waals surface area contributed by atoms with Gasteiger partial charge < -0.3 is 14.8 Å². The fraction of sp³-hybridized carbons (Fsp3) is 0.263. The normalized spacial score (nSPS) is 14.9. The molecule has 0 bridgehead atoms. The first-order valence-electron chi connectivity index (χ1n) is 8.53. The van der Waals surface area contributed by atoms with Crippen LogP contribution < -0.4 is 10.1 Å². The molecule has 0 radical (unpaired) electrons. The number of sulfonamides is 1. The molecular formula is C19H19N3O5S. The Kier molecular flexibility index (Phi) is 5.94. The lowest BCUT2D eigenvalue weighted by atomic mass is 10.2. The van der Waals surface area contributed by atoms with Gasteiger partial charge in [0.2, 0.25) is 10.0 Å². The lowest BCUT2D eigenvalue weighted by Crippen LogP contribution is -2.40. The number of ether oxygens (including phenoxy) is 2. The highest BCUT2D eigenvalue weighted by Crippen LogP contribution is 2.28. The van der Waals surface area contributed by atoms with Crippen LogP contribution in [0.1, 0.15) is 15.9 Å². The van der Waals surface area contributed by atoms with Crippen LogP contribution in [0.4, 0.5) is 5.69 Å². The van der Waals surface area contributed by atoms with Crippen LogP contribution in [0.3, 0.4) is 0 Å². The Labute approximate surface area is 163 Å². The van der Waals surface area contributed by atoms with E-state index in [1.807, 2.05) is 6.07 Å². The number of morpholine rings is 1. The van der Waals surface area contributed by atoms with Crippen molar-refractivity contribution in [1.29, 1.82) is 5.26 Å². The molecule has 3 rings (SSSR count). The van der Waals surface area contributed by atoms with E-state index in [2.05, 4.69) is 5.32 Å². The summed E-state index contributed by atoms with van der Waals surface area (Å²) in [6.45, 7) is 1.13.